The van der Waals surface area contributed by atoms with Crippen LogP contribution in [0.4, 0.5) is 5.82 Å². The summed E-state index contributed by atoms with van der Waals surface area (Å²) < 4.78 is 0. The zero-order valence-corrected chi connectivity index (χ0v) is 12.9. The average molecular weight is 306 g/mol. The van der Waals surface area contributed by atoms with Crippen LogP contribution in [0.2, 0.25) is 5.15 Å². The molecule has 0 saturated heterocycles. The highest BCUT2D eigenvalue weighted by molar-refractivity contribution is 6.29. The maximum atomic E-state index is 9.23. The minimum Gasteiger partial charge on any atom is -0.395 e. The summed E-state index contributed by atoms with van der Waals surface area (Å²) in [6.45, 7) is 3.62. The maximum Gasteiger partial charge on any atom is 0.163 e. The molecule has 1 heterocycles. The van der Waals surface area contributed by atoms with Crippen LogP contribution in [0.1, 0.15) is 19.8 Å². The molecule has 0 fully saturated rings. The van der Waals surface area contributed by atoms with E-state index in [1.165, 1.54) is 0 Å². The molecule has 0 aliphatic heterocycles. The van der Waals surface area contributed by atoms with Crippen LogP contribution in [-0.4, -0.2) is 34.8 Å². The molecule has 0 aliphatic rings. The van der Waals surface area contributed by atoms with Crippen LogP contribution in [0.3, 0.4) is 0 Å². The molecule has 2 aromatic rings. The molecule has 21 heavy (non-hydrogen) atoms. The molecular formula is C16H20ClN3O. The number of aliphatic hydroxyl groups is 1. The summed E-state index contributed by atoms with van der Waals surface area (Å²) in [5.74, 6) is 1.37. The second-order valence-corrected chi connectivity index (χ2v) is 5.19. The first-order valence-electron chi connectivity index (χ1n) is 7.20. The normalized spacial score (nSPS) is 10.6. The highest BCUT2D eigenvalue weighted by atomic mass is 35.5. The molecule has 0 unspecified atom stereocenters. The first-order chi connectivity index (χ1) is 10.2. The van der Waals surface area contributed by atoms with Gasteiger partial charge in [-0.25, -0.2) is 9.97 Å². The van der Waals surface area contributed by atoms with Crippen LogP contribution < -0.4 is 4.90 Å². The lowest BCUT2D eigenvalue weighted by molar-refractivity contribution is 0.301. The third-order valence-corrected chi connectivity index (χ3v) is 3.38. The van der Waals surface area contributed by atoms with Crippen LogP contribution in [0.5, 0.6) is 0 Å². The zero-order chi connectivity index (χ0) is 15.1. The van der Waals surface area contributed by atoms with Crippen LogP contribution in [0.15, 0.2) is 36.4 Å². The van der Waals surface area contributed by atoms with Crippen LogP contribution in [0, 0.1) is 0 Å². The fourth-order valence-corrected chi connectivity index (χ4v) is 2.27. The van der Waals surface area contributed by atoms with Crippen LogP contribution in [-0.2, 0) is 0 Å². The van der Waals surface area contributed by atoms with E-state index < -0.39 is 0 Å². The first kappa shape index (κ1) is 15.7. The number of benzene rings is 1. The molecule has 0 aliphatic carbocycles. The van der Waals surface area contributed by atoms with Crippen LogP contribution in [0.25, 0.3) is 11.4 Å². The van der Waals surface area contributed by atoms with Gasteiger partial charge in [0.05, 0.1) is 6.61 Å². The van der Waals surface area contributed by atoms with E-state index in [1.54, 1.807) is 6.07 Å². The SMILES string of the molecule is CCCCN(CCO)c1cc(Cl)nc(-c2ccccc2)n1. The molecule has 1 aromatic heterocycles. The van der Waals surface area contributed by atoms with Gasteiger partial charge in [0, 0.05) is 24.7 Å². The molecular weight excluding hydrogens is 286 g/mol. The summed E-state index contributed by atoms with van der Waals surface area (Å²) in [6, 6.07) is 11.5. The van der Waals surface area contributed by atoms with Crippen molar-refractivity contribution in [3.8, 4) is 11.4 Å². The molecule has 0 spiro atoms. The number of hydrogen-bond donors (Lipinski definition) is 1. The van der Waals surface area contributed by atoms with E-state index in [9.17, 15) is 5.11 Å². The van der Waals surface area contributed by atoms with Crippen LogP contribution >= 0.6 is 11.6 Å². The van der Waals surface area contributed by atoms with Gasteiger partial charge in [0.2, 0.25) is 0 Å². The average Bonchev–Trinajstić information content (AvgIpc) is 2.51. The lowest BCUT2D eigenvalue weighted by atomic mass is 10.2. The number of unbranched alkanes of at least 4 members (excludes halogenated alkanes) is 1. The predicted molar refractivity (Wildman–Crippen MR) is 86.7 cm³/mol. The maximum absolute atomic E-state index is 9.23. The lowest BCUT2D eigenvalue weighted by Crippen LogP contribution is -2.28. The Bertz CT molecular complexity index is 563. The Morgan fingerprint density at radius 3 is 2.57 bits per heavy atom. The second kappa shape index (κ2) is 7.96. The molecule has 1 N–H and O–H groups in total. The summed E-state index contributed by atoms with van der Waals surface area (Å²) >= 11 is 6.14. The van der Waals surface area contributed by atoms with E-state index in [4.69, 9.17) is 11.6 Å². The summed E-state index contributed by atoms with van der Waals surface area (Å²) in [5, 5.41) is 9.65. The molecule has 0 amide bonds. The van der Waals surface area contributed by atoms with Gasteiger partial charge in [-0.15, -0.1) is 0 Å². The Morgan fingerprint density at radius 2 is 1.90 bits per heavy atom. The summed E-state index contributed by atoms with van der Waals surface area (Å²) in [5.41, 5.74) is 0.931. The third-order valence-electron chi connectivity index (χ3n) is 3.19. The minimum atomic E-state index is 0.0893. The number of anilines is 1. The molecule has 2 rings (SSSR count). The molecule has 112 valence electrons. The van der Waals surface area contributed by atoms with Gasteiger partial charge in [0.1, 0.15) is 11.0 Å². The number of nitrogens with zero attached hydrogens (tertiary/aromatic N) is 3. The Morgan fingerprint density at radius 1 is 1.14 bits per heavy atom. The predicted octanol–water partition coefficient (Wildman–Crippen LogP) is 3.40. The van der Waals surface area contributed by atoms with Gasteiger partial charge in [-0.3, -0.25) is 0 Å². The Hall–Kier alpha value is -1.65. The molecule has 0 saturated carbocycles. The van der Waals surface area contributed by atoms with Gasteiger partial charge in [-0.2, -0.15) is 0 Å². The van der Waals surface area contributed by atoms with Gasteiger partial charge >= 0.3 is 0 Å². The minimum absolute atomic E-state index is 0.0893. The van der Waals surface area contributed by atoms with E-state index in [-0.39, 0.29) is 6.61 Å². The standard InChI is InChI=1S/C16H20ClN3O/c1-2-3-9-20(10-11-21)15-12-14(17)18-16(19-15)13-7-5-4-6-8-13/h4-8,12,21H,2-3,9-11H2,1H3. The van der Waals surface area contributed by atoms with E-state index in [2.05, 4.69) is 16.9 Å². The zero-order valence-electron chi connectivity index (χ0n) is 12.2. The summed E-state index contributed by atoms with van der Waals surface area (Å²) in [4.78, 5) is 10.9. The Labute approximate surface area is 130 Å². The summed E-state index contributed by atoms with van der Waals surface area (Å²) in [6.07, 6.45) is 2.13. The molecule has 1 aromatic carbocycles. The molecule has 4 nitrogen and oxygen atoms in total. The van der Waals surface area contributed by atoms with Gasteiger partial charge in [0.15, 0.2) is 5.82 Å². The fourth-order valence-electron chi connectivity index (χ4n) is 2.09. The van der Waals surface area contributed by atoms with E-state index in [1.807, 2.05) is 35.2 Å². The third kappa shape index (κ3) is 4.41. The van der Waals surface area contributed by atoms with Crippen molar-refractivity contribution < 1.29 is 5.11 Å². The van der Waals surface area contributed by atoms with Crippen molar-refractivity contribution in [2.75, 3.05) is 24.6 Å². The number of halogens is 1. The van der Waals surface area contributed by atoms with Gasteiger partial charge < -0.3 is 10.0 Å². The Kier molecular flexibility index (Phi) is 5.96. The van der Waals surface area contributed by atoms with Gasteiger partial charge in [0.25, 0.3) is 0 Å². The molecule has 5 heteroatoms. The molecule has 0 bridgehead atoms. The quantitative estimate of drug-likeness (QED) is 0.797. The van der Waals surface area contributed by atoms with Crippen molar-refractivity contribution in [3.63, 3.8) is 0 Å². The van der Waals surface area contributed by atoms with Crippen molar-refractivity contribution in [1.82, 2.24) is 9.97 Å². The van der Waals surface area contributed by atoms with Crippen molar-refractivity contribution in [2.24, 2.45) is 0 Å². The fraction of sp³-hybridized carbons (Fsp3) is 0.375. The first-order valence-corrected chi connectivity index (χ1v) is 7.58. The molecule has 0 atom stereocenters. The topological polar surface area (TPSA) is 49.2 Å². The largest absolute Gasteiger partial charge is 0.395 e. The van der Waals surface area contributed by atoms with Crippen molar-refractivity contribution >= 4 is 17.4 Å². The second-order valence-electron chi connectivity index (χ2n) is 4.80. The van der Waals surface area contributed by atoms with Crippen molar-refractivity contribution in [2.45, 2.75) is 19.8 Å². The van der Waals surface area contributed by atoms with Gasteiger partial charge in [-0.1, -0.05) is 55.3 Å². The van der Waals surface area contributed by atoms with E-state index in [0.717, 1.165) is 30.8 Å². The number of aromatic nitrogens is 2. The van der Waals surface area contributed by atoms with Gasteiger partial charge in [-0.05, 0) is 6.42 Å². The summed E-state index contributed by atoms with van der Waals surface area (Å²) in [7, 11) is 0. The monoisotopic (exact) mass is 305 g/mol. The smallest absolute Gasteiger partial charge is 0.163 e. The lowest BCUT2D eigenvalue weighted by Gasteiger charge is -2.23. The molecule has 0 radical (unpaired) electrons. The number of hydrogen-bond acceptors (Lipinski definition) is 4. The van der Waals surface area contributed by atoms with Crippen molar-refractivity contribution in [1.29, 1.82) is 0 Å². The highest BCUT2D eigenvalue weighted by Gasteiger charge is 2.11. The van der Waals surface area contributed by atoms with E-state index >= 15 is 0 Å². The Balaban J connectivity index is 2.32. The van der Waals surface area contributed by atoms with Crippen molar-refractivity contribution in [3.05, 3.63) is 41.6 Å². The number of aliphatic hydroxyl groups excluding tert-OH is 1. The number of rotatable bonds is 7. The highest BCUT2D eigenvalue weighted by Crippen LogP contribution is 2.22. The van der Waals surface area contributed by atoms with E-state index in [0.29, 0.717) is 17.5 Å².